The highest BCUT2D eigenvalue weighted by Gasteiger charge is 2.18. The van der Waals surface area contributed by atoms with Crippen molar-refractivity contribution in [1.82, 2.24) is 5.32 Å². The van der Waals surface area contributed by atoms with E-state index in [4.69, 9.17) is 21.8 Å². The topological polar surface area (TPSA) is 68.3 Å². The summed E-state index contributed by atoms with van der Waals surface area (Å²) in [4.78, 5) is 12.0. The molecule has 0 radical (unpaired) electrons. The van der Waals surface area contributed by atoms with Gasteiger partial charge in [-0.25, -0.2) is 0 Å². The Morgan fingerprint density at radius 3 is 2.89 bits per heavy atom. The second-order valence-corrected chi connectivity index (χ2v) is 5.10. The zero-order valence-corrected chi connectivity index (χ0v) is 11.8. The molecule has 0 saturated carbocycles. The van der Waals surface area contributed by atoms with Crippen molar-refractivity contribution < 1.29 is 9.21 Å². The fraction of sp³-hybridized carbons (Fsp3) is 0.357. The van der Waals surface area contributed by atoms with Crippen LogP contribution in [0.4, 0.5) is 0 Å². The molecule has 1 atom stereocenters. The van der Waals surface area contributed by atoms with Crippen molar-refractivity contribution in [3.63, 3.8) is 0 Å². The molecule has 1 unspecified atom stereocenters. The highest BCUT2D eigenvalue weighted by atomic mass is 35.5. The maximum atomic E-state index is 12.0. The molecule has 1 heterocycles. The summed E-state index contributed by atoms with van der Waals surface area (Å²) in [6.07, 6.45) is 0.728. The Balaban J connectivity index is 2.23. The summed E-state index contributed by atoms with van der Waals surface area (Å²) < 4.78 is 5.57. The quantitative estimate of drug-likeness (QED) is 0.905. The standard InChI is InChI=1S/C14H17ClN2O2/c1-8(16)6-7-17-14(18)12-9(2)10-4-3-5-11(15)13(10)19-12/h3-5,8H,6-7,16H2,1-2H3,(H,17,18). The average Bonchev–Trinajstić information content (AvgIpc) is 2.68. The third-order valence-electron chi connectivity index (χ3n) is 3.01. The minimum Gasteiger partial charge on any atom is -0.449 e. The molecule has 2 aromatic rings. The maximum absolute atomic E-state index is 12.0. The number of hydrogen-bond acceptors (Lipinski definition) is 3. The van der Waals surface area contributed by atoms with Crippen molar-refractivity contribution in [3.05, 3.63) is 34.5 Å². The van der Waals surface area contributed by atoms with E-state index in [9.17, 15) is 4.79 Å². The van der Waals surface area contributed by atoms with Crippen LogP contribution in [0.25, 0.3) is 11.0 Å². The highest BCUT2D eigenvalue weighted by molar-refractivity contribution is 6.35. The number of rotatable bonds is 4. The van der Waals surface area contributed by atoms with Crippen LogP contribution in [0.1, 0.15) is 29.5 Å². The summed E-state index contributed by atoms with van der Waals surface area (Å²) in [6, 6.07) is 5.53. The maximum Gasteiger partial charge on any atom is 0.287 e. The monoisotopic (exact) mass is 280 g/mol. The number of carbonyl (C=O) groups is 1. The largest absolute Gasteiger partial charge is 0.449 e. The lowest BCUT2D eigenvalue weighted by Gasteiger charge is -2.06. The van der Waals surface area contributed by atoms with Gasteiger partial charge in [-0.1, -0.05) is 23.7 Å². The van der Waals surface area contributed by atoms with E-state index >= 15 is 0 Å². The van der Waals surface area contributed by atoms with Crippen molar-refractivity contribution in [3.8, 4) is 0 Å². The van der Waals surface area contributed by atoms with Crippen molar-refractivity contribution in [2.24, 2.45) is 5.73 Å². The van der Waals surface area contributed by atoms with Gasteiger partial charge in [-0.15, -0.1) is 0 Å². The van der Waals surface area contributed by atoms with E-state index in [0.717, 1.165) is 17.4 Å². The van der Waals surface area contributed by atoms with Crippen LogP contribution in [0.5, 0.6) is 0 Å². The zero-order valence-electron chi connectivity index (χ0n) is 11.0. The Bertz CT molecular complexity index is 605. The van der Waals surface area contributed by atoms with E-state index in [1.807, 2.05) is 26.0 Å². The van der Waals surface area contributed by atoms with Gasteiger partial charge < -0.3 is 15.5 Å². The highest BCUT2D eigenvalue weighted by Crippen LogP contribution is 2.30. The summed E-state index contributed by atoms with van der Waals surface area (Å²) in [6.45, 7) is 4.28. The van der Waals surface area contributed by atoms with Crippen molar-refractivity contribution in [1.29, 1.82) is 0 Å². The number of amides is 1. The summed E-state index contributed by atoms with van der Waals surface area (Å²) >= 11 is 6.05. The van der Waals surface area contributed by atoms with E-state index in [1.165, 1.54) is 0 Å². The summed E-state index contributed by atoms with van der Waals surface area (Å²) in [5, 5.41) is 4.17. The predicted molar refractivity (Wildman–Crippen MR) is 76.6 cm³/mol. The van der Waals surface area contributed by atoms with E-state index in [2.05, 4.69) is 5.32 Å². The minimum absolute atomic E-state index is 0.0616. The molecule has 1 amide bonds. The molecule has 5 heteroatoms. The van der Waals surface area contributed by atoms with Gasteiger partial charge in [0.1, 0.15) is 0 Å². The lowest BCUT2D eigenvalue weighted by molar-refractivity contribution is 0.0926. The van der Waals surface area contributed by atoms with Crippen LogP contribution in [-0.2, 0) is 0 Å². The first-order chi connectivity index (χ1) is 9.00. The number of hydrogen-bond donors (Lipinski definition) is 2. The number of fused-ring (bicyclic) bond motifs is 1. The van der Waals surface area contributed by atoms with Crippen LogP contribution in [0.2, 0.25) is 5.02 Å². The smallest absolute Gasteiger partial charge is 0.287 e. The number of nitrogens with one attached hydrogen (secondary N) is 1. The molecule has 0 aliphatic carbocycles. The van der Waals surface area contributed by atoms with Gasteiger partial charge in [0.05, 0.1) is 5.02 Å². The number of benzene rings is 1. The Morgan fingerprint density at radius 2 is 2.26 bits per heavy atom. The van der Waals surface area contributed by atoms with Crippen molar-refractivity contribution in [2.75, 3.05) is 6.54 Å². The third-order valence-corrected chi connectivity index (χ3v) is 3.30. The molecule has 4 nitrogen and oxygen atoms in total. The lowest BCUT2D eigenvalue weighted by Crippen LogP contribution is -2.29. The molecule has 0 aliphatic heterocycles. The second kappa shape index (κ2) is 5.63. The molecule has 1 aromatic heterocycles. The van der Waals surface area contributed by atoms with Crippen LogP contribution in [0.3, 0.4) is 0 Å². The van der Waals surface area contributed by atoms with Crippen LogP contribution in [-0.4, -0.2) is 18.5 Å². The second-order valence-electron chi connectivity index (χ2n) is 4.69. The van der Waals surface area contributed by atoms with Gasteiger partial charge in [0, 0.05) is 23.5 Å². The molecule has 0 saturated heterocycles. The first kappa shape index (κ1) is 13.9. The van der Waals surface area contributed by atoms with Gasteiger partial charge in [0.2, 0.25) is 0 Å². The van der Waals surface area contributed by atoms with Crippen molar-refractivity contribution in [2.45, 2.75) is 26.3 Å². The first-order valence-corrected chi connectivity index (χ1v) is 6.60. The van der Waals surface area contributed by atoms with E-state index < -0.39 is 0 Å². The average molecular weight is 281 g/mol. The third kappa shape index (κ3) is 2.91. The molecule has 0 aliphatic rings. The van der Waals surface area contributed by atoms with E-state index in [-0.39, 0.29) is 11.9 Å². The molecular formula is C14H17ClN2O2. The molecule has 19 heavy (non-hydrogen) atoms. The zero-order chi connectivity index (χ0) is 14.0. The number of furan rings is 1. The molecule has 0 fully saturated rings. The molecular weight excluding hydrogens is 264 g/mol. The van der Waals surface area contributed by atoms with Gasteiger partial charge in [-0.3, -0.25) is 4.79 Å². The number of halogens is 1. The van der Waals surface area contributed by atoms with Gasteiger partial charge >= 0.3 is 0 Å². The molecule has 102 valence electrons. The van der Waals surface area contributed by atoms with Crippen LogP contribution >= 0.6 is 11.6 Å². The summed E-state index contributed by atoms with van der Waals surface area (Å²) in [5.74, 6) is 0.0817. The number of carbonyl (C=O) groups excluding carboxylic acids is 1. The molecule has 3 N–H and O–H groups in total. The SMILES string of the molecule is Cc1c(C(=O)NCCC(C)N)oc2c(Cl)cccc12. The molecule has 0 spiro atoms. The predicted octanol–water partition coefficient (Wildman–Crippen LogP) is 2.86. The molecule has 1 aromatic carbocycles. The van der Waals surface area contributed by atoms with Gasteiger partial charge in [-0.2, -0.15) is 0 Å². The summed E-state index contributed by atoms with van der Waals surface area (Å²) in [5.41, 5.74) is 6.99. The minimum atomic E-state index is -0.231. The number of para-hydroxylation sites is 1. The Morgan fingerprint density at radius 1 is 1.53 bits per heavy atom. The van der Waals surface area contributed by atoms with Crippen LogP contribution in [0, 0.1) is 6.92 Å². The van der Waals surface area contributed by atoms with Gasteiger partial charge in [0.25, 0.3) is 5.91 Å². The Labute approximate surface area is 116 Å². The first-order valence-electron chi connectivity index (χ1n) is 6.22. The molecule has 0 bridgehead atoms. The van der Waals surface area contributed by atoms with Gasteiger partial charge in [-0.05, 0) is 26.3 Å². The fourth-order valence-corrected chi connectivity index (χ4v) is 2.13. The van der Waals surface area contributed by atoms with Crippen LogP contribution in [0.15, 0.2) is 22.6 Å². The Hall–Kier alpha value is -1.52. The van der Waals surface area contributed by atoms with E-state index in [1.54, 1.807) is 6.07 Å². The van der Waals surface area contributed by atoms with E-state index in [0.29, 0.717) is 22.9 Å². The van der Waals surface area contributed by atoms with Crippen molar-refractivity contribution >= 4 is 28.5 Å². The fourth-order valence-electron chi connectivity index (χ4n) is 1.92. The van der Waals surface area contributed by atoms with Crippen LogP contribution < -0.4 is 11.1 Å². The molecule has 2 rings (SSSR count). The normalized spacial score (nSPS) is 12.6. The van der Waals surface area contributed by atoms with Gasteiger partial charge in [0.15, 0.2) is 11.3 Å². The Kier molecular flexibility index (Phi) is 4.12. The number of nitrogens with two attached hydrogens (primary N) is 1. The summed E-state index contributed by atoms with van der Waals surface area (Å²) in [7, 11) is 0. The number of aryl methyl sites for hydroxylation is 1. The lowest BCUT2D eigenvalue weighted by atomic mass is 10.1.